The number of ether oxygens (including phenoxy) is 1. The van der Waals surface area contributed by atoms with E-state index in [9.17, 15) is 10.1 Å². The minimum atomic E-state index is -1.03. The Morgan fingerprint density at radius 1 is 1.63 bits per heavy atom. The normalized spacial score (nSPS) is 11.1. The fourth-order valence-electron chi connectivity index (χ4n) is 1.52. The van der Waals surface area contributed by atoms with Gasteiger partial charge in [0.15, 0.2) is 0 Å². The Bertz CT molecular complexity index is 515. The van der Waals surface area contributed by atoms with Gasteiger partial charge in [0.25, 0.3) is 5.88 Å². The number of hydrogen-bond donors (Lipinski definition) is 1. The zero-order valence-electron chi connectivity index (χ0n) is 11.2. The molecule has 0 amide bonds. The van der Waals surface area contributed by atoms with Gasteiger partial charge in [0.05, 0.1) is 17.6 Å². The maximum atomic E-state index is 11.1. The predicted octanol–water partition coefficient (Wildman–Crippen LogP) is 1.09. The van der Waals surface area contributed by atoms with Crippen LogP contribution in [0.5, 0.6) is 5.88 Å². The minimum absolute atomic E-state index is 0.00231. The van der Waals surface area contributed by atoms with Gasteiger partial charge in [-0.05, 0) is 33.7 Å². The fourth-order valence-corrected chi connectivity index (χ4v) is 1.52. The molecular weight excluding hydrogens is 250 g/mol. The quantitative estimate of drug-likeness (QED) is 0.468. The second-order valence-electron chi connectivity index (χ2n) is 4.57. The first-order chi connectivity index (χ1) is 8.85. The molecule has 0 spiro atoms. The van der Waals surface area contributed by atoms with Crippen LogP contribution < -0.4 is 10.5 Å². The molecule has 1 rings (SSSR count). The smallest absolute Gasteiger partial charge is 0.353 e. The maximum absolute atomic E-state index is 11.1. The Kier molecular flexibility index (Phi) is 4.45. The summed E-state index contributed by atoms with van der Waals surface area (Å²) in [5, 5.41) is 24.2. The molecule has 104 valence electrons. The van der Waals surface area contributed by atoms with Crippen LogP contribution in [0.15, 0.2) is 0 Å². The van der Waals surface area contributed by atoms with Gasteiger partial charge in [0, 0.05) is 0 Å². The van der Waals surface area contributed by atoms with Crippen molar-refractivity contribution in [1.82, 2.24) is 9.78 Å². The average Bonchev–Trinajstić information content (AvgIpc) is 2.67. The van der Waals surface area contributed by atoms with Gasteiger partial charge in [-0.15, -0.1) is 0 Å². The lowest BCUT2D eigenvalue weighted by molar-refractivity contribution is -0.386. The second kappa shape index (κ2) is 5.67. The van der Waals surface area contributed by atoms with Gasteiger partial charge >= 0.3 is 5.69 Å². The van der Waals surface area contributed by atoms with Crippen molar-refractivity contribution in [3.05, 3.63) is 15.8 Å². The van der Waals surface area contributed by atoms with Crippen LogP contribution in [0, 0.1) is 28.4 Å². The third-order valence-electron chi connectivity index (χ3n) is 2.56. The SMILES string of the molecule is Cc1nn(C(C)(C)C#N)c(OCCCN)c1[N+](=O)[O-]. The molecule has 1 aromatic heterocycles. The number of aryl methyl sites for hydroxylation is 1. The number of nitrogens with two attached hydrogens (primary N) is 1. The fraction of sp³-hybridized carbons (Fsp3) is 0.636. The van der Waals surface area contributed by atoms with Crippen LogP contribution >= 0.6 is 0 Å². The molecule has 0 aliphatic rings. The van der Waals surface area contributed by atoms with E-state index in [1.165, 1.54) is 11.6 Å². The number of rotatable bonds is 6. The monoisotopic (exact) mass is 267 g/mol. The van der Waals surface area contributed by atoms with Crippen LogP contribution in [0.2, 0.25) is 0 Å². The third kappa shape index (κ3) is 3.00. The van der Waals surface area contributed by atoms with Crippen LogP contribution in [0.1, 0.15) is 26.0 Å². The predicted molar refractivity (Wildman–Crippen MR) is 67.7 cm³/mol. The zero-order valence-corrected chi connectivity index (χ0v) is 11.2. The van der Waals surface area contributed by atoms with E-state index in [1.807, 2.05) is 6.07 Å². The van der Waals surface area contributed by atoms with Gasteiger partial charge in [0.2, 0.25) is 0 Å². The molecule has 2 N–H and O–H groups in total. The van der Waals surface area contributed by atoms with Crippen LogP contribution in [-0.2, 0) is 5.54 Å². The van der Waals surface area contributed by atoms with Gasteiger partial charge in [-0.1, -0.05) is 0 Å². The van der Waals surface area contributed by atoms with Gasteiger partial charge in [-0.3, -0.25) is 10.1 Å². The summed E-state index contributed by atoms with van der Waals surface area (Å²) in [6.45, 7) is 5.39. The molecule has 0 aliphatic heterocycles. The molecule has 19 heavy (non-hydrogen) atoms. The largest absolute Gasteiger partial charge is 0.473 e. The lowest BCUT2D eigenvalue weighted by Gasteiger charge is -2.18. The third-order valence-corrected chi connectivity index (χ3v) is 2.56. The lowest BCUT2D eigenvalue weighted by atomic mass is 10.1. The van der Waals surface area contributed by atoms with Crippen molar-refractivity contribution in [1.29, 1.82) is 5.26 Å². The molecule has 0 radical (unpaired) electrons. The van der Waals surface area contributed by atoms with Crippen molar-refractivity contribution < 1.29 is 9.66 Å². The van der Waals surface area contributed by atoms with Crippen LogP contribution in [0.4, 0.5) is 5.69 Å². The van der Waals surface area contributed by atoms with E-state index in [1.54, 1.807) is 13.8 Å². The molecule has 0 aromatic carbocycles. The van der Waals surface area contributed by atoms with Gasteiger partial charge in [-0.25, -0.2) is 4.68 Å². The van der Waals surface area contributed by atoms with Crippen molar-refractivity contribution in [2.75, 3.05) is 13.2 Å². The molecule has 8 nitrogen and oxygen atoms in total. The molecule has 1 aromatic rings. The van der Waals surface area contributed by atoms with E-state index in [2.05, 4.69) is 5.10 Å². The molecule has 0 atom stereocenters. The molecule has 0 unspecified atom stereocenters. The van der Waals surface area contributed by atoms with Crippen molar-refractivity contribution in [3.63, 3.8) is 0 Å². The van der Waals surface area contributed by atoms with E-state index in [0.29, 0.717) is 13.0 Å². The standard InChI is InChI=1S/C11H17N5O3/c1-8-9(16(17)18)10(19-6-4-5-12)15(14-8)11(2,3)7-13/h4-6,12H2,1-3H3. The van der Waals surface area contributed by atoms with Crippen molar-refractivity contribution in [2.45, 2.75) is 32.7 Å². The van der Waals surface area contributed by atoms with E-state index in [4.69, 9.17) is 15.7 Å². The van der Waals surface area contributed by atoms with Crippen LogP contribution in [0.25, 0.3) is 0 Å². The molecule has 0 saturated heterocycles. The molecular formula is C11H17N5O3. The van der Waals surface area contributed by atoms with Gasteiger partial charge in [-0.2, -0.15) is 10.4 Å². The Morgan fingerprint density at radius 2 is 2.26 bits per heavy atom. The number of nitrogens with zero attached hydrogens (tertiary/aromatic N) is 4. The minimum Gasteiger partial charge on any atom is -0.473 e. The van der Waals surface area contributed by atoms with Crippen LogP contribution in [-0.4, -0.2) is 27.9 Å². The molecule has 0 aliphatic carbocycles. The summed E-state index contributed by atoms with van der Waals surface area (Å²) in [6.07, 6.45) is 0.564. The lowest BCUT2D eigenvalue weighted by Crippen LogP contribution is -2.26. The van der Waals surface area contributed by atoms with E-state index in [0.717, 1.165) is 0 Å². The zero-order chi connectivity index (χ0) is 14.6. The summed E-state index contributed by atoms with van der Waals surface area (Å²) in [5.41, 5.74) is 4.34. The summed E-state index contributed by atoms with van der Waals surface area (Å²) in [6, 6.07) is 2.04. The highest BCUT2D eigenvalue weighted by molar-refractivity contribution is 5.46. The van der Waals surface area contributed by atoms with Gasteiger partial charge < -0.3 is 10.5 Å². The summed E-state index contributed by atoms with van der Waals surface area (Å²) >= 11 is 0. The van der Waals surface area contributed by atoms with Crippen LogP contribution in [0.3, 0.4) is 0 Å². The Morgan fingerprint density at radius 3 is 2.74 bits per heavy atom. The highest BCUT2D eigenvalue weighted by atomic mass is 16.6. The molecule has 0 fully saturated rings. The number of hydrogen-bond acceptors (Lipinski definition) is 6. The topological polar surface area (TPSA) is 120 Å². The molecule has 0 bridgehead atoms. The second-order valence-corrected chi connectivity index (χ2v) is 4.57. The molecule has 0 saturated carbocycles. The van der Waals surface area contributed by atoms with Crippen molar-refractivity contribution in [2.24, 2.45) is 5.73 Å². The first-order valence-corrected chi connectivity index (χ1v) is 5.83. The highest BCUT2D eigenvalue weighted by Crippen LogP contribution is 2.34. The van der Waals surface area contributed by atoms with Gasteiger partial charge in [0.1, 0.15) is 11.2 Å². The Balaban J connectivity index is 3.28. The first kappa shape index (κ1) is 14.9. The van der Waals surface area contributed by atoms with Crippen molar-refractivity contribution >= 4 is 5.69 Å². The van der Waals surface area contributed by atoms with E-state index < -0.39 is 10.5 Å². The first-order valence-electron chi connectivity index (χ1n) is 5.83. The number of aromatic nitrogens is 2. The summed E-state index contributed by atoms with van der Waals surface area (Å²) in [7, 11) is 0. The van der Waals surface area contributed by atoms with E-state index in [-0.39, 0.29) is 23.9 Å². The highest BCUT2D eigenvalue weighted by Gasteiger charge is 2.34. The summed E-state index contributed by atoms with van der Waals surface area (Å²) in [4.78, 5) is 10.5. The maximum Gasteiger partial charge on any atom is 0.353 e. The Hall–Kier alpha value is -2.14. The number of nitriles is 1. The molecule has 1 heterocycles. The summed E-state index contributed by atoms with van der Waals surface area (Å²) < 4.78 is 6.65. The Labute approximate surface area is 110 Å². The van der Waals surface area contributed by atoms with E-state index >= 15 is 0 Å². The number of nitro groups is 1. The summed E-state index contributed by atoms with van der Waals surface area (Å²) in [5.74, 6) is 0.00231. The molecule has 8 heteroatoms. The van der Waals surface area contributed by atoms with Crippen molar-refractivity contribution in [3.8, 4) is 11.9 Å². The average molecular weight is 267 g/mol.